The number of anilines is 1. The largest absolute Gasteiger partial charge is 0.495 e. The van der Waals surface area contributed by atoms with Crippen LogP contribution in [0.4, 0.5) is 5.69 Å². The molecule has 0 heterocycles. The molecule has 0 aliphatic rings. The van der Waals surface area contributed by atoms with Gasteiger partial charge in [-0.1, -0.05) is 24.3 Å². The maximum absolute atomic E-state index is 12.5. The fourth-order valence-electron chi connectivity index (χ4n) is 2.05. The fraction of sp³-hybridized carbons (Fsp3) is 0.111. The second-order valence-corrected chi connectivity index (χ2v) is 7.06. The summed E-state index contributed by atoms with van der Waals surface area (Å²) < 4.78 is 32.6. The van der Waals surface area contributed by atoms with Crippen LogP contribution in [0.2, 0.25) is 0 Å². The van der Waals surface area contributed by atoms with Crippen molar-refractivity contribution in [2.24, 2.45) is 0 Å². The SMILES string of the molecule is COc1ccccc1NS(=O)(=O)c1ccc(/C=C/C(=O)NNC(C)=O)cc1. The Hall–Kier alpha value is -3.33. The molecule has 0 atom stereocenters. The Kier molecular flexibility index (Phi) is 6.56. The van der Waals surface area contributed by atoms with Gasteiger partial charge in [0.25, 0.3) is 15.9 Å². The molecule has 0 radical (unpaired) electrons. The van der Waals surface area contributed by atoms with Gasteiger partial charge in [0.15, 0.2) is 0 Å². The average molecular weight is 389 g/mol. The lowest BCUT2D eigenvalue weighted by Gasteiger charge is -2.11. The van der Waals surface area contributed by atoms with Gasteiger partial charge in [0.2, 0.25) is 5.91 Å². The molecule has 27 heavy (non-hydrogen) atoms. The number of rotatable bonds is 6. The lowest BCUT2D eigenvalue weighted by Crippen LogP contribution is -2.39. The van der Waals surface area contributed by atoms with Crippen molar-refractivity contribution in [2.45, 2.75) is 11.8 Å². The van der Waals surface area contributed by atoms with E-state index < -0.39 is 21.8 Å². The Bertz CT molecular complexity index is 953. The Morgan fingerprint density at radius 3 is 2.30 bits per heavy atom. The highest BCUT2D eigenvalue weighted by Gasteiger charge is 2.16. The van der Waals surface area contributed by atoms with Crippen LogP contribution < -0.4 is 20.3 Å². The molecule has 2 aromatic carbocycles. The summed E-state index contributed by atoms with van der Waals surface area (Å²) >= 11 is 0. The third kappa shape index (κ3) is 5.86. The van der Waals surface area contributed by atoms with Crippen LogP contribution in [0.25, 0.3) is 6.08 Å². The van der Waals surface area contributed by atoms with Gasteiger partial charge in [-0.15, -0.1) is 0 Å². The first-order chi connectivity index (χ1) is 12.8. The minimum atomic E-state index is -3.79. The van der Waals surface area contributed by atoms with Gasteiger partial charge in [0.05, 0.1) is 17.7 Å². The lowest BCUT2D eigenvalue weighted by molar-refractivity contribution is -0.125. The second kappa shape index (κ2) is 8.86. The zero-order valence-corrected chi connectivity index (χ0v) is 15.5. The molecule has 3 N–H and O–H groups in total. The molecule has 8 nitrogen and oxygen atoms in total. The van der Waals surface area contributed by atoms with Crippen LogP contribution in [0.1, 0.15) is 12.5 Å². The number of methoxy groups -OCH3 is 1. The van der Waals surface area contributed by atoms with E-state index in [1.54, 1.807) is 36.4 Å². The number of carbonyl (C=O) groups is 2. The minimum absolute atomic E-state index is 0.0632. The first-order valence-corrected chi connectivity index (χ1v) is 9.30. The van der Waals surface area contributed by atoms with Crippen molar-refractivity contribution in [1.29, 1.82) is 0 Å². The van der Waals surface area contributed by atoms with Gasteiger partial charge >= 0.3 is 0 Å². The Morgan fingerprint density at radius 1 is 1.00 bits per heavy atom. The van der Waals surface area contributed by atoms with E-state index in [9.17, 15) is 18.0 Å². The maximum Gasteiger partial charge on any atom is 0.262 e. The molecule has 2 rings (SSSR count). The summed E-state index contributed by atoms with van der Waals surface area (Å²) in [5.74, 6) is -0.501. The summed E-state index contributed by atoms with van der Waals surface area (Å²) in [7, 11) is -2.34. The van der Waals surface area contributed by atoms with E-state index in [1.165, 1.54) is 38.3 Å². The van der Waals surface area contributed by atoms with E-state index in [-0.39, 0.29) is 4.90 Å². The smallest absolute Gasteiger partial charge is 0.262 e. The molecule has 9 heteroatoms. The zero-order chi connectivity index (χ0) is 19.9. The summed E-state index contributed by atoms with van der Waals surface area (Å²) in [6.45, 7) is 1.27. The molecule has 0 fully saturated rings. The number of ether oxygens (including phenoxy) is 1. The van der Waals surface area contributed by atoms with E-state index in [0.717, 1.165) is 0 Å². The summed E-state index contributed by atoms with van der Waals surface area (Å²) in [5.41, 5.74) is 5.29. The fourth-order valence-corrected chi connectivity index (χ4v) is 3.12. The van der Waals surface area contributed by atoms with Gasteiger partial charge in [0, 0.05) is 13.0 Å². The third-order valence-electron chi connectivity index (χ3n) is 3.33. The van der Waals surface area contributed by atoms with Gasteiger partial charge in [-0.05, 0) is 35.9 Å². The molecule has 2 amide bonds. The van der Waals surface area contributed by atoms with Crippen molar-refractivity contribution >= 4 is 33.6 Å². The molecule has 0 bridgehead atoms. The minimum Gasteiger partial charge on any atom is -0.495 e. The summed E-state index contributed by atoms with van der Waals surface area (Å²) in [4.78, 5) is 22.2. The van der Waals surface area contributed by atoms with Gasteiger partial charge in [-0.25, -0.2) is 8.42 Å². The van der Waals surface area contributed by atoms with Crippen LogP contribution in [0, 0.1) is 0 Å². The highest BCUT2D eigenvalue weighted by Crippen LogP contribution is 2.26. The van der Waals surface area contributed by atoms with Crippen molar-refractivity contribution in [3.8, 4) is 5.75 Å². The van der Waals surface area contributed by atoms with Crippen molar-refractivity contribution in [1.82, 2.24) is 10.9 Å². The maximum atomic E-state index is 12.5. The summed E-state index contributed by atoms with van der Waals surface area (Å²) in [6, 6.07) is 12.6. The lowest BCUT2D eigenvalue weighted by atomic mass is 10.2. The highest BCUT2D eigenvalue weighted by atomic mass is 32.2. The van der Waals surface area contributed by atoms with E-state index in [2.05, 4.69) is 15.6 Å². The molecule has 142 valence electrons. The molecular weight excluding hydrogens is 370 g/mol. The molecule has 0 aromatic heterocycles. The van der Waals surface area contributed by atoms with E-state index >= 15 is 0 Å². The third-order valence-corrected chi connectivity index (χ3v) is 4.71. The van der Waals surface area contributed by atoms with Gasteiger partial charge in [0.1, 0.15) is 5.75 Å². The first kappa shape index (κ1) is 20.0. The normalized spacial score (nSPS) is 11.0. The van der Waals surface area contributed by atoms with Crippen molar-refractivity contribution < 1.29 is 22.7 Å². The Labute approximate surface area is 157 Å². The van der Waals surface area contributed by atoms with Gasteiger partial charge in [-0.3, -0.25) is 25.2 Å². The van der Waals surface area contributed by atoms with Crippen LogP contribution in [-0.2, 0) is 19.6 Å². The predicted octanol–water partition coefficient (Wildman–Crippen LogP) is 1.68. The number of sulfonamides is 1. The number of carbonyl (C=O) groups excluding carboxylic acids is 2. The predicted molar refractivity (Wildman–Crippen MR) is 101 cm³/mol. The highest BCUT2D eigenvalue weighted by molar-refractivity contribution is 7.92. The number of hydrogen-bond acceptors (Lipinski definition) is 5. The molecule has 0 saturated heterocycles. The van der Waals surface area contributed by atoms with Crippen LogP contribution >= 0.6 is 0 Å². The Balaban J connectivity index is 2.09. The van der Waals surface area contributed by atoms with Crippen molar-refractivity contribution in [3.63, 3.8) is 0 Å². The number of amides is 2. The standard InChI is InChI=1S/C18H19N3O5S/c1-13(22)19-20-18(23)12-9-14-7-10-15(11-8-14)27(24,25)21-16-5-3-4-6-17(16)26-2/h3-12,21H,1-2H3,(H,19,22)(H,20,23)/b12-9+. The van der Waals surface area contributed by atoms with Crippen molar-refractivity contribution in [3.05, 3.63) is 60.2 Å². The number of nitrogens with one attached hydrogen (secondary N) is 3. The Morgan fingerprint density at radius 2 is 1.67 bits per heavy atom. The van der Waals surface area contributed by atoms with Gasteiger partial charge in [-0.2, -0.15) is 0 Å². The molecule has 0 unspecified atom stereocenters. The zero-order valence-electron chi connectivity index (χ0n) is 14.7. The molecule has 0 saturated carbocycles. The number of para-hydroxylation sites is 2. The molecule has 2 aromatic rings. The van der Waals surface area contributed by atoms with Crippen LogP contribution in [0.3, 0.4) is 0 Å². The first-order valence-electron chi connectivity index (χ1n) is 7.82. The molecular formula is C18H19N3O5S. The summed E-state index contributed by atoms with van der Waals surface area (Å²) in [5, 5.41) is 0. The van der Waals surface area contributed by atoms with Crippen LogP contribution in [-0.4, -0.2) is 27.3 Å². The van der Waals surface area contributed by atoms with E-state index in [1.807, 2.05) is 0 Å². The number of hydrogen-bond donors (Lipinski definition) is 3. The van der Waals surface area contributed by atoms with Crippen molar-refractivity contribution in [2.75, 3.05) is 11.8 Å². The summed E-state index contributed by atoms with van der Waals surface area (Å²) in [6.07, 6.45) is 2.70. The van der Waals surface area contributed by atoms with Gasteiger partial charge < -0.3 is 4.74 Å². The van der Waals surface area contributed by atoms with E-state index in [4.69, 9.17) is 4.74 Å². The van der Waals surface area contributed by atoms with Crippen LogP contribution in [0.15, 0.2) is 59.5 Å². The number of benzene rings is 2. The molecule has 0 spiro atoms. The monoisotopic (exact) mass is 389 g/mol. The topological polar surface area (TPSA) is 114 Å². The second-order valence-electron chi connectivity index (χ2n) is 5.38. The molecule has 0 aliphatic heterocycles. The van der Waals surface area contributed by atoms with Crippen LogP contribution in [0.5, 0.6) is 5.75 Å². The van der Waals surface area contributed by atoms with E-state index in [0.29, 0.717) is 17.0 Å². The number of hydrazine groups is 1. The quantitative estimate of drug-likeness (QED) is 0.514. The average Bonchev–Trinajstić information content (AvgIpc) is 2.65. The molecule has 0 aliphatic carbocycles.